The van der Waals surface area contributed by atoms with Gasteiger partial charge in [0, 0.05) is 16.7 Å². The van der Waals surface area contributed by atoms with Crippen molar-refractivity contribution in [3.05, 3.63) is 72.8 Å². The molecule has 0 fully saturated rings. The van der Waals surface area contributed by atoms with Crippen molar-refractivity contribution in [1.82, 2.24) is 0 Å². The third-order valence-corrected chi connectivity index (χ3v) is 5.52. The van der Waals surface area contributed by atoms with Gasteiger partial charge >= 0.3 is 0 Å². The van der Waals surface area contributed by atoms with Gasteiger partial charge in [0.25, 0.3) is 0 Å². The van der Waals surface area contributed by atoms with Crippen LogP contribution in [0.1, 0.15) is 0 Å². The molecule has 0 aliphatic heterocycles. The van der Waals surface area contributed by atoms with Gasteiger partial charge < -0.3 is 29.5 Å². The molecule has 4 rings (SSSR count). The molecule has 0 saturated heterocycles. The number of para-hydroxylation sites is 3. The number of ether oxygens (including phenoxy) is 3. The lowest BCUT2D eigenvalue weighted by Crippen LogP contribution is -1.91. The molecule has 0 atom stereocenters. The normalized spacial score (nSPS) is 10.6. The Bertz CT molecular complexity index is 1140. The van der Waals surface area contributed by atoms with Crippen molar-refractivity contribution >= 4 is 0 Å². The van der Waals surface area contributed by atoms with E-state index >= 15 is 0 Å². The maximum absolute atomic E-state index is 10.8. The van der Waals surface area contributed by atoms with Crippen LogP contribution in [-0.2, 0) is 0 Å². The second-order valence-corrected chi connectivity index (χ2v) is 7.37. The van der Waals surface area contributed by atoms with E-state index in [2.05, 4.69) is 0 Å². The molecule has 4 aromatic rings. The smallest absolute Gasteiger partial charge is 0.165 e. The first-order valence-electron chi connectivity index (χ1n) is 10.2. The number of hydrogen-bond donors (Lipinski definition) is 3. The van der Waals surface area contributed by atoms with E-state index < -0.39 is 0 Å². The zero-order valence-electron chi connectivity index (χ0n) is 18.5. The van der Waals surface area contributed by atoms with Gasteiger partial charge in [-0.1, -0.05) is 36.4 Å². The first kappa shape index (κ1) is 21.9. The predicted molar refractivity (Wildman–Crippen MR) is 127 cm³/mol. The molecule has 6 nitrogen and oxygen atoms in total. The van der Waals surface area contributed by atoms with Gasteiger partial charge in [-0.15, -0.1) is 0 Å². The number of rotatable bonds is 6. The first-order valence-corrected chi connectivity index (χ1v) is 10.2. The van der Waals surface area contributed by atoms with Crippen molar-refractivity contribution in [3.8, 4) is 67.9 Å². The molecule has 0 aromatic heterocycles. The first-order chi connectivity index (χ1) is 16.0. The van der Waals surface area contributed by atoms with Gasteiger partial charge in [-0.05, 0) is 53.1 Å². The molecule has 0 amide bonds. The number of aromatic hydroxyl groups is 3. The number of hydrogen-bond acceptors (Lipinski definition) is 6. The van der Waals surface area contributed by atoms with Crippen molar-refractivity contribution < 1.29 is 29.5 Å². The topological polar surface area (TPSA) is 88.4 Å². The molecule has 0 aliphatic carbocycles. The Kier molecular flexibility index (Phi) is 6.00. The Morgan fingerprint density at radius 2 is 0.727 bits per heavy atom. The number of phenolic OH excluding ortho intramolecular Hbond substituents is 3. The van der Waals surface area contributed by atoms with Crippen molar-refractivity contribution in [3.63, 3.8) is 0 Å². The maximum Gasteiger partial charge on any atom is 0.165 e. The summed E-state index contributed by atoms with van der Waals surface area (Å²) in [4.78, 5) is 0. The highest BCUT2D eigenvalue weighted by Gasteiger charge is 2.17. The van der Waals surface area contributed by atoms with Gasteiger partial charge in [0.15, 0.2) is 34.5 Å². The average molecular weight is 444 g/mol. The molecule has 0 radical (unpaired) electrons. The van der Waals surface area contributed by atoms with Crippen LogP contribution in [0, 0.1) is 0 Å². The van der Waals surface area contributed by atoms with Crippen molar-refractivity contribution in [2.45, 2.75) is 0 Å². The fraction of sp³-hybridized carbons (Fsp3) is 0.111. The minimum absolute atomic E-state index is 0.00664. The summed E-state index contributed by atoms with van der Waals surface area (Å²) in [7, 11) is 4.47. The number of methoxy groups -OCH3 is 3. The third-order valence-electron chi connectivity index (χ3n) is 5.52. The van der Waals surface area contributed by atoms with Crippen LogP contribution in [0.5, 0.6) is 34.5 Å². The molecule has 0 heterocycles. The Morgan fingerprint density at radius 1 is 0.455 bits per heavy atom. The SMILES string of the molecule is COc1cccc(-c2cc(-c3cccc(OC)c3O)cc(-c3cccc(OC)c3O)c2)c1O. The van der Waals surface area contributed by atoms with E-state index in [-0.39, 0.29) is 17.2 Å². The Balaban J connectivity index is 2.01. The number of benzene rings is 4. The quantitative estimate of drug-likeness (QED) is 0.347. The van der Waals surface area contributed by atoms with E-state index in [1.165, 1.54) is 21.3 Å². The van der Waals surface area contributed by atoms with Crippen molar-refractivity contribution in [2.24, 2.45) is 0 Å². The van der Waals surface area contributed by atoms with Crippen LogP contribution in [-0.4, -0.2) is 36.6 Å². The van der Waals surface area contributed by atoms with Crippen LogP contribution >= 0.6 is 0 Å². The summed E-state index contributed by atoms with van der Waals surface area (Å²) >= 11 is 0. The summed E-state index contributed by atoms with van der Waals surface area (Å²) in [5.74, 6) is 1.00. The van der Waals surface area contributed by atoms with E-state index in [1.54, 1.807) is 54.6 Å². The third kappa shape index (κ3) is 3.99. The monoisotopic (exact) mass is 444 g/mol. The standard InChI is InChI=1S/C27H24O6/c1-31-22-10-4-7-19(25(22)28)16-13-17(20-8-5-11-23(32-2)26(20)29)15-18(14-16)21-9-6-12-24(33-3)27(21)30/h4-15,28-30H,1-3H3. The van der Waals surface area contributed by atoms with Crippen LogP contribution in [0.4, 0.5) is 0 Å². The van der Waals surface area contributed by atoms with E-state index in [0.717, 1.165) is 0 Å². The van der Waals surface area contributed by atoms with Gasteiger partial charge in [-0.2, -0.15) is 0 Å². The minimum atomic E-state index is -0.00664. The predicted octanol–water partition coefficient (Wildman–Crippen LogP) is 5.83. The number of phenols is 3. The Hall–Kier alpha value is -4.32. The highest BCUT2D eigenvalue weighted by atomic mass is 16.5. The van der Waals surface area contributed by atoms with Crippen LogP contribution in [0.25, 0.3) is 33.4 Å². The van der Waals surface area contributed by atoms with Crippen LogP contribution in [0.3, 0.4) is 0 Å². The zero-order chi connectivity index (χ0) is 23.5. The summed E-state index contributed by atoms with van der Waals surface area (Å²) in [6.07, 6.45) is 0. The van der Waals surface area contributed by atoms with Crippen LogP contribution < -0.4 is 14.2 Å². The van der Waals surface area contributed by atoms with Gasteiger partial charge in [0.1, 0.15) is 0 Å². The largest absolute Gasteiger partial charge is 0.504 e. The van der Waals surface area contributed by atoms with E-state index in [9.17, 15) is 15.3 Å². The summed E-state index contributed by atoms with van der Waals surface area (Å²) in [6.45, 7) is 0. The Labute approximate surface area is 191 Å². The molecular formula is C27H24O6. The van der Waals surface area contributed by atoms with E-state index in [4.69, 9.17) is 14.2 Å². The second kappa shape index (κ2) is 9.04. The fourth-order valence-electron chi connectivity index (χ4n) is 3.85. The molecule has 4 aromatic carbocycles. The summed E-state index contributed by atoms with van der Waals surface area (Å²) in [5.41, 5.74) is 3.64. The highest BCUT2D eigenvalue weighted by molar-refractivity contribution is 5.87. The highest BCUT2D eigenvalue weighted by Crippen LogP contribution is 2.45. The fourth-order valence-corrected chi connectivity index (χ4v) is 3.85. The average Bonchev–Trinajstić information content (AvgIpc) is 2.84. The molecule has 0 aliphatic rings. The molecule has 168 valence electrons. The summed E-state index contributed by atoms with van der Waals surface area (Å²) in [6, 6.07) is 21.2. The summed E-state index contributed by atoms with van der Waals surface area (Å²) in [5, 5.41) is 32.3. The lowest BCUT2D eigenvalue weighted by Gasteiger charge is -2.16. The van der Waals surface area contributed by atoms with Gasteiger partial charge in [0.05, 0.1) is 21.3 Å². The lowest BCUT2D eigenvalue weighted by atomic mass is 9.92. The molecule has 33 heavy (non-hydrogen) atoms. The molecule has 6 heteroatoms. The molecule has 0 bridgehead atoms. The van der Waals surface area contributed by atoms with E-state index in [1.807, 2.05) is 18.2 Å². The van der Waals surface area contributed by atoms with Crippen molar-refractivity contribution in [1.29, 1.82) is 0 Å². The maximum atomic E-state index is 10.8. The minimum Gasteiger partial charge on any atom is -0.504 e. The van der Waals surface area contributed by atoms with Gasteiger partial charge in [0.2, 0.25) is 0 Å². The molecule has 0 unspecified atom stereocenters. The lowest BCUT2D eigenvalue weighted by molar-refractivity contribution is 0.374. The molecule has 0 spiro atoms. The zero-order valence-corrected chi connectivity index (χ0v) is 18.5. The van der Waals surface area contributed by atoms with Crippen molar-refractivity contribution in [2.75, 3.05) is 21.3 Å². The van der Waals surface area contributed by atoms with E-state index in [0.29, 0.717) is 50.6 Å². The molecular weight excluding hydrogens is 420 g/mol. The summed E-state index contributed by atoms with van der Waals surface area (Å²) < 4.78 is 15.8. The van der Waals surface area contributed by atoms with Gasteiger partial charge in [-0.3, -0.25) is 0 Å². The van der Waals surface area contributed by atoms with Crippen LogP contribution in [0.2, 0.25) is 0 Å². The molecule has 0 saturated carbocycles. The second-order valence-electron chi connectivity index (χ2n) is 7.37. The van der Waals surface area contributed by atoms with Crippen LogP contribution in [0.15, 0.2) is 72.8 Å². The molecule has 3 N–H and O–H groups in total. The Morgan fingerprint density at radius 3 is 0.970 bits per heavy atom. The van der Waals surface area contributed by atoms with Gasteiger partial charge in [-0.25, -0.2) is 0 Å².